The Morgan fingerprint density at radius 2 is 2.28 bits per heavy atom. The summed E-state index contributed by atoms with van der Waals surface area (Å²) in [5, 5.41) is 13.2. The fourth-order valence-electron chi connectivity index (χ4n) is 2.57. The van der Waals surface area contributed by atoms with Gasteiger partial charge in [-0.15, -0.1) is 0 Å². The summed E-state index contributed by atoms with van der Waals surface area (Å²) in [4.78, 5) is 13.4. The minimum Gasteiger partial charge on any atom is -0.480 e. The van der Waals surface area contributed by atoms with Crippen molar-refractivity contribution in [3.8, 4) is 0 Å². The van der Waals surface area contributed by atoms with Crippen LogP contribution in [0.2, 0.25) is 0 Å². The Hall–Kier alpha value is -1.36. The number of carbonyl (C=O) groups is 1. The Morgan fingerprint density at radius 3 is 2.83 bits per heavy atom. The second-order valence-corrected chi connectivity index (χ2v) is 5.26. The van der Waals surface area contributed by atoms with Gasteiger partial charge in [0.05, 0.1) is 5.69 Å². The van der Waals surface area contributed by atoms with E-state index in [9.17, 15) is 9.90 Å². The molecule has 100 valence electrons. The first-order valence-electron chi connectivity index (χ1n) is 6.37. The summed E-state index contributed by atoms with van der Waals surface area (Å²) in [5.74, 6) is 0.538. The number of aryl methyl sites for hydroxylation is 2. The highest BCUT2D eigenvalue weighted by molar-refractivity contribution is 5.73. The van der Waals surface area contributed by atoms with Gasteiger partial charge in [-0.25, -0.2) is 0 Å². The summed E-state index contributed by atoms with van der Waals surface area (Å²) in [6, 6.07) is -0.387. The van der Waals surface area contributed by atoms with Crippen molar-refractivity contribution in [2.45, 2.75) is 46.2 Å². The first-order valence-corrected chi connectivity index (χ1v) is 6.37. The highest BCUT2D eigenvalue weighted by Crippen LogP contribution is 2.26. The molecular formula is C13H20N2O3. The third-order valence-corrected chi connectivity index (χ3v) is 3.80. The lowest BCUT2D eigenvalue weighted by Gasteiger charge is -2.35. The molecule has 1 N–H and O–H groups in total. The van der Waals surface area contributed by atoms with Crippen LogP contribution in [-0.4, -0.2) is 33.7 Å². The van der Waals surface area contributed by atoms with Gasteiger partial charge in [-0.05, 0) is 39.2 Å². The Bertz CT molecular complexity index is 422. The molecule has 0 amide bonds. The molecule has 0 aliphatic carbocycles. The van der Waals surface area contributed by atoms with Crippen LogP contribution in [0.3, 0.4) is 0 Å². The summed E-state index contributed by atoms with van der Waals surface area (Å²) in [6.45, 7) is 7.32. The van der Waals surface area contributed by atoms with Crippen LogP contribution >= 0.6 is 0 Å². The smallest absolute Gasteiger partial charge is 0.320 e. The minimum atomic E-state index is -0.728. The number of piperidine rings is 1. The topological polar surface area (TPSA) is 66.6 Å². The van der Waals surface area contributed by atoms with Gasteiger partial charge in [0.25, 0.3) is 0 Å². The van der Waals surface area contributed by atoms with E-state index < -0.39 is 5.97 Å². The van der Waals surface area contributed by atoms with Crippen LogP contribution in [0.25, 0.3) is 0 Å². The number of rotatable bonds is 3. The zero-order chi connectivity index (χ0) is 13.3. The van der Waals surface area contributed by atoms with Crippen molar-refractivity contribution in [2.24, 2.45) is 5.92 Å². The van der Waals surface area contributed by atoms with E-state index in [4.69, 9.17) is 4.52 Å². The minimum absolute atomic E-state index is 0.387. The average Bonchev–Trinajstić information content (AvgIpc) is 2.62. The van der Waals surface area contributed by atoms with Crippen LogP contribution in [0.1, 0.15) is 36.8 Å². The molecule has 1 aromatic rings. The molecule has 2 atom stereocenters. The van der Waals surface area contributed by atoms with Crippen molar-refractivity contribution in [1.82, 2.24) is 10.1 Å². The van der Waals surface area contributed by atoms with Gasteiger partial charge in [0.15, 0.2) is 0 Å². The molecule has 1 aromatic heterocycles. The van der Waals surface area contributed by atoms with Crippen LogP contribution < -0.4 is 0 Å². The van der Waals surface area contributed by atoms with Crippen molar-refractivity contribution in [3.05, 3.63) is 17.0 Å². The maximum Gasteiger partial charge on any atom is 0.320 e. The number of hydrogen-bond donors (Lipinski definition) is 1. The van der Waals surface area contributed by atoms with E-state index >= 15 is 0 Å². The average molecular weight is 252 g/mol. The first-order chi connectivity index (χ1) is 8.49. The molecule has 2 unspecified atom stereocenters. The number of hydrogen-bond acceptors (Lipinski definition) is 4. The van der Waals surface area contributed by atoms with Gasteiger partial charge in [-0.1, -0.05) is 12.1 Å². The molecule has 2 rings (SSSR count). The Morgan fingerprint density at radius 1 is 1.56 bits per heavy atom. The zero-order valence-electron chi connectivity index (χ0n) is 11.1. The molecule has 0 radical (unpaired) electrons. The van der Waals surface area contributed by atoms with Gasteiger partial charge < -0.3 is 9.63 Å². The summed E-state index contributed by atoms with van der Waals surface area (Å²) in [5.41, 5.74) is 1.88. The van der Waals surface area contributed by atoms with E-state index in [0.717, 1.165) is 36.4 Å². The van der Waals surface area contributed by atoms with Crippen LogP contribution in [0.15, 0.2) is 4.52 Å². The Labute approximate surface area is 107 Å². The number of aromatic nitrogens is 1. The van der Waals surface area contributed by atoms with E-state index in [1.807, 2.05) is 18.7 Å². The molecule has 1 saturated heterocycles. The summed E-state index contributed by atoms with van der Waals surface area (Å²) in [6.07, 6.45) is 1.77. The molecule has 1 aliphatic rings. The quantitative estimate of drug-likeness (QED) is 0.891. The van der Waals surface area contributed by atoms with Crippen LogP contribution in [0.4, 0.5) is 0 Å². The summed E-state index contributed by atoms with van der Waals surface area (Å²) < 4.78 is 5.13. The van der Waals surface area contributed by atoms with Crippen LogP contribution in [0, 0.1) is 19.8 Å². The number of carboxylic acid groups (broad SMARTS) is 1. The predicted molar refractivity (Wildman–Crippen MR) is 66.2 cm³/mol. The third kappa shape index (κ3) is 2.56. The standard InChI is InChI=1S/C13H20N2O3/c1-8-4-5-15(12(6-8)13(16)17)7-11-9(2)14-18-10(11)3/h8,12H,4-7H2,1-3H3,(H,16,17). The lowest BCUT2D eigenvalue weighted by atomic mass is 9.92. The molecule has 0 spiro atoms. The Kier molecular flexibility index (Phi) is 3.71. The van der Waals surface area contributed by atoms with Crippen LogP contribution in [0.5, 0.6) is 0 Å². The van der Waals surface area contributed by atoms with Gasteiger partial charge in [-0.3, -0.25) is 9.69 Å². The zero-order valence-corrected chi connectivity index (χ0v) is 11.1. The lowest BCUT2D eigenvalue weighted by Crippen LogP contribution is -2.46. The number of nitrogens with zero attached hydrogens (tertiary/aromatic N) is 2. The van der Waals surface area contributed by atoms with E-state index in [1.165, 1.54) is 0 Å². The second-order valence-electron chi connectivity index (χ2n) is 5.26. The first kappa shape index (κ1) is 13.1. The maximum atomic E-state index is 11.3. The highest BCUT2D eigenvalue weighted by Gasteiger charge is 2.32. The van der Waals surface area contributed by atoms with E-state index in [-0.39, 0.29) is 6.04 Å². The number of aliphatic carboxylic acids is 1. The van der Waals surface area contributed by atoms with Gasteiger partial charge in [-0.2, -0.15) is 0 Å². The van der Waals surface area contributed by atoms with Gasteiger partial charge >= 0.3 is 5.97 Å². The molecule has 1 fully saturated rings. The van der Waals surface area contributed by atoms with Crippen molar-refractivity contribution in [1.29, 1.82) is 0 Å². The molecule has 0 saturated carbocycles. The molecule has 5 nitrogen and oxygen atoms in total. The fraction of sp³-hybridized carbons (Fsp3) is 0.692. The summed E-state index contributed by atoms with van der Waals surface area (Å²) in [7, 11) is 0. The van der Waals surface area contributed by atoms with Crippen molar-refractivity contribution in [2.75, 3.05) is 6.54 Å². The van der Waals surface area contributed by atoms with E-state index in [2.05, 4.69) is 12.1 Å². The normalized spacial score (nSPS) is 25.3. The van der Waals surface area contributed by atoms with Crippen molar-refractivity contribution in [3.63, 3.8) is 0 Å². The lowest BCUT2D eigenvalue weighted by molar-refractivity contribution is -0.145. The highest BCUT2D eigenvalue weighted by atomic mass is 16.5. The summed E-state index contributed by atoms with van der Waals surface area (Å²) >= 11 is 0. The maximum absolute atomic E-state index is 11.3. The van der Waals surface area contributed by atoms with Gasteiger partial charge in [0, 0.05) is 12.1 Å². The third-order valence-electron chi connectivity index (χ3n) is 3.80. The molecule has 0 bridgehead atoms. The fourth-order valence-corrected chi connectivity index (χ4v) is 2.57. The van der Waals surface area contributed by atoms with E-state index in [1.54, 1.807) is 0 Å². The predicted octanol–water partition coefficient (Wildman–Crippen LogP) is 1.98. The molecule has 2 heterocycles. The molecule has 5 heteroatoms. The van der Waals surface area contributed by atoms with Crippen LogP contribution in [-0.2, 0) is 11.3 Å². The SMILES string of the molecule is Cc1noc(C)c1CN1CCC(C)CC1C(=O)O. The van der Waals surface area contributed by atoms with Gasteiger partial charge in [0.1, 0.15) is 11.8 Å². The van der Waals surface area contributed by atoms with Crippen molar-refractivity contribution >= 4 is 5.97 Å². The van der Waals surface area contributed by atoms with E-state index in [0.29, 0.717) is 12.5 Å². The molecule has 1 aliphatic heterocycles. The Balaban J connectivity index is 2.14. The molecule has 0 aromatic carbocycles. The monoisotopic (exact) mass is 252 g/mol. The van der Waals surface area contributed by atoms with Crippen molar-refractivity contribution < 1.29 is 14.4 Å². The number of likely N-dealkylation sites (tertiary alicyclic amines) is 1. The molecular weight excluding hydrogens is 232 g/mol. The number of carboxylic acids is 1. The van der Waals surface area contributed by atoms with Gasteiger partial charge in [0.2, 0.25) is 0 Å². The second kappa shape index (κ2) is 5.10. The molecule has 18 heavy (non-hydrogen) atoms. The largest absolute Gasteiger partial charge is 0.480 e.